The van der Waals surface area contributed by atoms with Crippen LogP contribution in [-0.4, -0.2) is 33.5 Å². The topological polar surface area (TPSA) is 85.1 Å². The van der Waals surface area contributed by atoms with Crippen molar-refractivity contribution in [3.05, 3.63) is 34.2 Å². The molecule has 1 aromatic heterocycles. The number of amides is 2. The van der Waals surface area contributed by atoms with Crippen LogP contribution in [0.2, 0.25) is 0 Å². The zero-order valence-corrected chi connectivity index (χ0v) is 17.0. The Morgan fingerprint density at radius 1 is 1.07 bits per heavy atom. The molecule has 5 rings (SSSR count). The third-order valence-electron chi connectivity index (χ3n) is 7.23. The van der Waals surface area contributed by atoms with Gasteiger partial charge in [-0.05, 0) is 67.7 Å². The standard InChI is InChI=1S/C22H28N4O3/c1-12-9-15(12)16-10-14(7-8-23-16)13-3-4-17-19(11-13)25(2)22(29)26(17)18-5-6-20(27)24-21(18)28/h3-4,11-12,14-16,18,23H,5-10H2,1-2H3,(H,24,27,28)/t12?,14?,15-,16?,18?/m0/s1. The van der Waals surface area contributed by atoms with E-state index in [-0.39, 0.29) is 23.9 Å². The van der Waals surface area contributed by atoms with Crippen molar-refractivity contribution in [2.24, 2.45) is 18.9 Å². The number of rotatable bonds is 3. The number of aryl methyl sites for hydroxylation is 1. The fourth-order valence-corrected chi connectivity index (χ4v) is 5.36. The summed E-state index contributed by atoms with van der Waals surface area (Å²) in [6.07, 6.45) is 4.19. The molecule has 1 aromatic carbocycles. The Labute approximate surface area is 169 Å². The first kappa shape index (κ1) is 18.6. The number of benzene rings is 1. The average Bonchev–Trinajstić information content (AvgIpc) is 3.40. The number of piperidine rings is 2. The Morgan fingerprint density at radius 2 is 1.86 bits per heavy atom. The number of nitrogens with one attached hydrogen (secondary N) is 2. The SMILES string of the molecule is CC1C[C@@H]1C1CC(c2ccc3c(c2)n(C)c(=O)n3C2CCC(=O)NC2=O)CCN1. The van der Waals surface area contributed by atoms with Gasteiger partial charge in [0.1, 0.15) is 6.04 Å². The lowest BCUT2D eigenvalue weighted by atomic mass is 9.84. The van der Waals surface area contributed by atoms with Crippen LogP contribution in [0.15, 0.2) is 23.0 Å². The summed E-state index contributed by atoms with van der Waals surface area (Å²) in [6.45, 7) is 3.36. The van der Waals surface area contributed by atoms with Crippen LogP contribution >= 0.6 is 0 Å². The summed E-state index contributed by atoms with van der Waals surface area (Å²) < 4.78 is 3.18. The van der Waals surface area contributed by atoms with Crippen LogP contribution in [0.5, 0.6) is 0 Å². The molecule has 154 valence electrons. The first-order valence-electron chi connectivity index (χ1n) is 10.7. The minimum Gasteiger partial charge on any atom is -0.314 e. The Morgan fingerprint density at radius 3 is 2.59 bits per heavy atom. The van der Waals surface area contributed by atoms with Crippen molar-refractivity contribution in [2.45, 2.75) is 57.0 Å². The van der Waals surface area contributed by atoms with Gasteiger partial charge in [-0.1, -0.05) is 13.0 Å². The highest BCUT2D eigenvalue weighted by molar-refractivity contribution is 6.00. The molecule has 1 aliphatic carbocycles. The molecule has 7 heteroatoms. The molecule has 7 nitrogen and oxygen atoms in total. The summed E-state index contributed by atoms with van der Waals surface area (Å²) in [7, 11) is 1.76. The minimum atomic E-state index is -0.630. The monoisotopic (exact) mass is 396 g/mol. The number of hydrogen-bond acceptors (Lipinski definition) is 4. The summed E-state index contributed by atoms with van der Waals surface area (Å²) in [5, 5.41) is 6.06. The van der Waals surface area contributed by atoms with Crippen LogP contribution in [0.25, 0.3) is 11.0 Å². The van der Waals surface area contributed by atoms with Crippen molar-refractivity contribution in [1.82, 2.24) is 19.8 Å². The van der Waals surface area contributed by atoms with E-state index in [0.29, 0.717) is 18.4 Å². The molecule has 2 aromatic rings. The molecule has 2 saturated heterocycles. The van der Waals surface area contributed by atoms with Crippen molar-refractivity contribution in [3.63, 3.8) is 0 Å². The maximum atomic E-state index is 12.9. The Kier molecular flexibility index (Phi) is 4.38. The lowest BCUT2D eigenvalue weighted by Crippen LogP contribution is -2.44. The van der Waals surface area contributed by atoms with Crippen LogP contribution in [-0.2, 0) is 16.6 Å². The second-order valence-electron chi connectivity index (χ2n) is 9.09. The highest BCUT2D eigenvalue weighted by Crippen LogP contribution is 2.45. The zero-order chi connectivity index (χ0) is 20.3. The first-order chi connectivity index (χ1) is 13.9. The molecule has 0 spiro atoms. The van der Waals surface area contributed by atoms with E-state index in [1.165, 1.54) is 12.0 Å². The van der Waals surface area contributed by atoms with E-state index < -0.39 is 6.04 Å². The van der Waals surface area contributed by atoms with Gasteiger partial charge < -0.3 is 5.32 Å². The number of carbonyl (C=O) groups is 2. The van der Waals surface area contributed by atoms with Crippen LogP contribution in [0, 0.1) is 11.8 Å². The van der Waals surface area contributed by atoms with E-state index in [1.54, 1.807) is 16.2 Å². The molecular formula is C22H28N4O3. The number of carbonyl (C=O) groups excluding carboxylic acids is 2. The molecule has 0 radical (unpaired) electrons. The fraction of sp³-hybridized carbons (Fsp3) is 0.591. The smallest absolute Gasteiger partial charge is 0.314 e. The summed E-state index contributed by atoms with van der Waals surface area (Å²) in [5.41, 5.74) is 2.68. The van der Waals surface area contributed by atoms with Crippen LogP contribution < -0.4 is 16.3 Å². The maximum Gasteiger partial charge on any atom is 0.329 e. The molecule has 2 amide bonds. The number of imidazole rings is 1. The van der Waals surface area contributed by atoms with Gasteiger partial charge in [0.05, 0.1) is 11.0 Å². The van der Waals surface area contributed by atoms with Gasteiger partial charge in [0.2, 0.25) is 11.8 Å². The van der Waals surface area contributed by atoms with E-state index in [1.807, 2.05) is 6.07 Å². The summed E-state index contributed by atoms with van der Waals surface area (Å²) in [4.78, 5) is 36.8. The van der Waals surface area contributed by atoms with Crippen LogP contribution in [0.4, 0.5) is 0 Å². The van der Waals surface area contributed by atoms with Gasteiger partial charge >= 0.3 is 5.69 Å². The molecule has 5 atom stereocenters. The Balaban J connectivity index is 1.48. The predicted molar refractivity (Wildman–Crippen MR) is 110 cm³/mol. The molecule has 3 heterocycles. The Hall–Kier alpha value is -2.41. The third kappa shape index (κ3) is 3.12. The van der Waals surface area contributed by atoms with Gasteiger partial charge in [-0.3, -0.25) is 24.0 Å². The predicted octanol–water partition coefficient (Wildman–Crippen LogP) is 1.81. The molecule has 1 saturated carbocycles. The lowest BCUT2D eigenvalue weighted by molar-refractivity contribution is -0.135. The average molecular weight is 396 g/mol. The van der Waals surface area contributed by atoms with Gasteiger partial charge in [0, 0.05) is 19.5 Å². The molecule has 2 N–H and O–H groups in total. The lowest BCUT2D eigenvalue weighted by Gasteiger charge is -2.31. The normalized spacial score (nSPS) is 32.4. The van der Waals surface area contributed by atoms with Gasteiger partial charge in [-0.15, -0.1) is 0 Å². The quantitative estimate of drug-likeness (QED) is 0.775. The molecule has 3 fully saturated rings. The highest BCUT2D eigenvalue weighted by atomic mass is 16.2. The van der Waals surface area contributed by atoms with Crippen molar-refractivity contribution in [3.8, 4) is 0 Å². The second kappa shape index (κ2) is 6.83. The van der Waals surface area contributed by atoms with Gasteiger partial charge in [0.15, 0.2) is 0 Å². The van der Waals surface area contributed by atoms with E-state index >= 15 is 0 Å². The molecule has 3 aliphatic rings. The highest BCUT2D eigenvalue weighted by Gasteiger charge is 2.41. The second-order valence-corrected chi connectivity index (χ2v) is 9.09. The van der Waals surface area contributed by atoms with Crippen molar-refractivity contribution < 1.29 is 9.59 Å². The van der Waals surface area contributed by atoms with Gasteiger partial charge in [-0.25, -0.2) is 4.79 Å². The van der Waals surface area contributed by atoms with Crippen molar-refractivity contribution >= 4 is 22.8 Å². The van der Waals surface area contributed by atoms with E-state index in [9.17, 15) is 14.4 Å². The molecule has 4 unspecified atom stereocenters. The van der Waals surface area contributed by atoms with Crippen molar-refractivity contribution in [1.29, 1.82) is 0 Å². The summed E-state index contributed by atoms with van der Waals surface area (Å²) >= 11 is 0. The Bertz CT molecular complexity index is 1050. The van der Waals surface area contributed by atoms with Gasteiger partial charge in [-0.2, -0.15) is 0 Å². The number of nitrogens with zero attached hydrogens (tertiary/aromatic N) is 2. The molecular weight excluding hydrogens is 368 g/mol. The summed E-state index contributed by atoms with van der Waals surface area (Å²) in [6, 6.07) is 6.19. The largest absolute Gasteiger partial charge is 0.329 e. The zero-order valence-electron chi connectivity index (χ0n) is 17.0. The molecule has 29 heavy (non-hydrogen) atoms. The maximum absolute atomic E-state index is 12.9. The summed E-state index contributed by atoms with van der Waals surface area (Å²) in [5.74, 6) is 1.47. The van der Waals surface area contributed by atoms with E-state index in [2.05, 4.69) is 29.7 Å². The van der Waals surface area contributed by atoms with Crippen molar-refractivity contribution in [2.75, 3.05) is 6.54 Å². The fourth-order valence-electron chi connectivity index (χ4n) is 5.36. The molecule has 0 bridgehead atoms. The first-order valence-corrected chi connectivity index (χ1v) is 10.7. The minimum absolute atomic E-state index is 0.207. The van der Waals surface area contributed by atoms with E-state index in [0.717, 1.165) is 42.3 Å². The number of hydrogen-bond donors (Lipinski definition) is 2. The number of imide groups is 1. The van der Waals surface area contributed by atoms with Crippen LogP contribution in [0.3, 0.4) is 0 Å². The van der Waals surface area contributed by atoms with Crippen LogP contribution in [0.1, 0.15) is 56.6 Å². The number of aromatic nitrogens is 2. The molecule has 2 aliphatic heterocycles. The van der Waals surface area contributed by atoms with E-state index in [4.69, 9.17) is 0 Å². The number of fused-ring (bicyclic) bond motifs is 1. The third-order valence-corrected chi connectivity index (χ3v) is 7.23. The van der Waals surface area contributed by atoms with Gasteiger partial charge in [0.25, 0.3) is 0 Å².